The lowest BCUT2D eigenvalue weighted by molar-refractivity contribution is -0.157. The van der Waals surface area contributed by atoms with Gasteiger partial charge in [-0.15, -0.1) is 0 Å². The second-order valence-corrected chi connectivity index (χ2v) is 5.04. The summed E-state index contributed by atoms with van der Waals surface area (Å²) in [6.07, 6.45) is -4.29. The van der Waals surface area contributed by atoms with E-state index in [0.717, 1.165) is 0 Å². The summed E-state index contributed by atoms with van der Waals surface area (Å²) in [5, 5.41) is 2.97. The fourth-order valence-corrected chi connectivity index (χ4v) is 2.01. The molecule has 0 aliphatic heterocycles. The maximum atomic E-state index is 12.4. The summed E-state index contributed by atoms with van der Waals surface area (Å²) in [6, 6.07) is -0.0475. The van der Waals surface area contributed by atoms with Gasteiger partial charge in [-0.05, 0) is 27.3 Å². The predicted molar refractivity (Wildman–Crippen MR) is 66.9 cm³/mol. The first-order valence-corrected chi connectivity index (χ1v) is 6.19. The first-order valence-electron chi connectivity index (χ1n) is 6.19. The lowest BCUT2D eigenvalue weighted by atomic mass is 10.0. The highest BCUT2D eigenvalue weighted by Crippen LogP contribution is 2.19. The zero-order chi connectivity index (χ0) is 15.3. The molecule has 0 aromatic rings. The van der Waals surface area contributed by atoms with E-state index in [1.165, 1.54) is 12.0 Å². The third kappa shape index (κ3) is 6.77. The van der Waals surface area contributed by atoms with E-state index in [0.29, 0.717) is 0 Å². The third-order valence-corrected chi connectivity index (χ3v) is 2.63. The monoisotopic (exact) mass is 284 g/mol. The molecule has 7 heteroatoms. The smallest absolute Gasteiger partial charge is 0.401 e. The number of ether oxygens (including phenoxy) is 1. The maximum absolute atomic E-state index is 12.4. The van der Waals surface area contributed by atoms with Gasteiger partial charge in [0.05, 0.1) is 13.7 Å². The third-order valence-electron chi connectivity index (χ3n) is 2.63. The number of hydrogen-bond donors (Lipinski definition) is 1. The zero-order valence-corrected chi connectivity index (χ0v) is 12.1. The molecule has 0 saturated carbocycles. The average molecular weight is 284 g/mol. The van der Waals surface area contributed by atoms with Gasteiger partial charge < -0.3 is 4.74 Å². The zero-order valence-electron chi connectivity index (χ0n) is 12.1. The number of carbonyl (C=O) groups excluding carboxylic acids is 1. The van der Waals surface area contributed by atoms with Crippen LogP contribution in [0.3, 0.4) is 0 Å². The van der Waals surface area contributed by atoms with Crippen LogP contribution >= 0.6 is 0 Å². The topological polar surface area (TPSA) is 41.6 Å². The van der Waals surface area contributed by atoms with Gasteiger partial charge in [0, 0.05) is 12.6 Å². The van der Waals surface area contributed by atoms with E-state index in [4.69, 9.17) is 0 Å². The number of nitrogens with one attached hydrogen (secondary N) is 1. The standard InChI is InChI=1S/C12H23F3N2O2/c1-6-17(8-12(13,14)15)7-11(4,10(18)19-5)16-9(2)3/h9,16H,6-8H2,1-5H3. The lowest BCUT2D eigenvalue weighted by Gasteiger charge is -2.35. The molecule has 1 unspecified atom stereocenters. The van der Waals surface area contributed by atoms with Crippen LogP contribution < -0.4 is 5.32 Å². The molecule has 0 saturated heterocycles. The van der Waals surface area contributed by atoms with Gasteiger partial charge in [-0.2, -0.15) is 13.2 Å². The number of hydrogen-bond acceptors (Lipinski definition) is 4. The Bertz CT molecular complexity index is 295. The van der Waals surface area contributed by atoms with Crippen LogP contribution in [0.4, 0.5) is 13.2 Å². The average Bonchev–Trinajstić information content (AvgIpc) is 2.23. The maximum Gasteiger partial charge on any atom is 0.401 e. The van der Waals surface area contributed by atoms with Gasteiger partial charge in [-0.1, -0.05) is 6.92 Å². The van der Waals surface area contributed by atoms with Crippen molar-refractivity contribution in [2.75, 3.05) is 26.7 Å². The van der Waals surface area contributed by atoms with Crippen molar-refractivity contribution in [3.63, 3.8) is 0 Å². The van der Waals surface area contributed by atoms with Crippen molar-refractivity contribution in [2.45, 2.75) is 45.5 Å². The van der Waals surface area contributed by atoms with Gasteiger partial charge in [0.15, 0.2) is 0 Å². The quantitative estimate of drug-likeness (QED) is 0.724. The van der Waals surface area contributed by atoms with E-state index < -0.39 is 24.2 Å². The second-order valence-electron chi connectivity index (χ2n) is 5.04. The number of carbonyl (C=O) groups is 1. The largest absolute Gasteiger partial charge is 0.468 e. The number of rotatable bonds is 7. The first-order chi connectivity index (χ1) is 8.54. The molecule has 1 N–H and O–H groups in total. The highest BCUT2D eigenvalue weighted by Gasteiger charge is 2.39. The SMILES string of the molecule is CCN(CC(F)(F)F)CC(C)(NC(C)C)C(=O)OC. The minimum Gasteiger partial charge on any atom is -0.468 e. The number of alkyl halides is 3. The molecule has 0 radical (unpaired) electrons. The predicted octanol–water partition coefficient (Wildman–Crippen LogP) is 1.80. The fourth-order valence-electron chi connectivity index (χ4n) is 2.01. The number of nitrogens with zero attached hydrogens (tertiary/aromatic N) is 1. The van der Waals surface area contributed by atoms with Gasteiger partial charge in [0.1, 0.15) is 5.54 Å². The van der Waals surface area contributed by atoms with E-state index in [2.05, 4.69) is 10.1 Å². The molecule has 0 aromatic carbocycles. The van der Waals surface area contributed by atoms with Crippen molar-refractivity contribution in [2.24, 2.45) is 0 Å². The molecule has 0 rings (SSSR count). The van der Waals surface area contributed by atoms with Crippen LogP contribution in [-0.4, -0.2) is 55.4 Å². The Morgan fingerprint density at radius 2 is 1.84 bits per heavy atom. The van der Waals surface area contributed by atoms with Gasteiger partial charge in [-0.25, -0.2) is 0 Å². The summed E-state index contributed by atoms with van der Waals surface area (Å²) in [6.45, 7) is 5.91. The number of halogens is 3. The van der Waals surface area contributed by atoms with Crippen molar-refractivity contribution < 1.29 is 22.7 Å². The molecule has 19 heavy (non-hydrogen) atoms. The van der Waals surface area contributed by atoms with Crippen LogP contribution in [-0.2, 0) is 9.53 Å². The molecule has 0 fully saturated rings. The Labute approximate surface area is 112 Å². The Hall–Kier alpha value is -0.820. The molecule has 0 bridgehead atoms. The van der Waals surface area contributed by atoms with Crippen molar-refractivity contribution in [3.05, 3.63) is 0 Å². The summed E-state index contributed by atoms with van der Waals surface area (Å²) in [4.78, 5) is 13.0. The summed E-state index contributed by atoms with van der Waals surface area (Å²) in [7, 11) is 1.22. The molecule has 1 atom stereocenters. The second kappa shape index (κ2) is 7.09. The van der Waals surface area contributed by atoms with E-state index in [9.17, 15) is 18.0 Å². The Balaban J connectivity index is 4.92. The molecule has 0 aliphatic rings. The summed E-state index contributed by atoms with van der Waals surface area (Å²) in [5.74, 6) is -0.568. The van der Waals surface area contributed by atoms with Gasteiger partial charge >= 0.3 is 12.1 Å². The van der Waals surface area contributed by atoms with Crippen LogP contribution in [0.5, 0.6) is 0 Å². The molecule has 0 aromatic heterocycles. The minimum absolute atomic E-state index is 0.0475. The number of methoxy groups -OCH3 is 1. The van der Waals surface area contributed by atoms with Crippen LogP contribution in [0, 0.1) is 0 Å². The summed E-state index contributed by atoms with van der Waals surface area (Å²) in [5.41, 5.74) is -1.16. The molecular weight excluding hydrogens is 261 g/mol. The van der Waals surface area contributed by atoms with E-state index >= 15 is 0 Å². The molecular formula is C12H23F3N2O2. The number of likely N-dealkylation sites (N-methyl/N-ethyl adjacent to an activating group) is 1. The Morgan fingerprint density at radius 3 is 2.16 bits per heavy atom. The highest BCUT2D eigenvalue weighted by molar-refractivity contribution is 5.80. The van der Waals surface area contributed by atoms with Crippen LogP contribution in [0.1, 0.15) is 27.7 Å². The van der Waals surface area contributed by atoms with Crippen molar-refractivity contribution in [1.82, 2.24) is 10.2 Å². The van der Waals surface area contributed by atoms with Gasteiger partial charge in [-0.3, -0.25) is 15.0 Å². The fraction of sp³-hybridized carbons (Fsp3) is 0.917. The van der Waals surface area contributed by atoms with Crippen molar-refractivity contribution >= 4 is 5.97 Å². The number of esters is 1. The van der Waals surface area contributed by atoms with Gasteiger partial charge in [0.2, 0.25) is 0 Å². The minimum atomic E-state index is -4.29. The first kappa shape index (κ1) is 18.2. The van der Waals surface area contributed by atoms with Crippen molar-refractivity contribution in [3.8, 4) is 0 Å². The molecule has 0 spiro atoms. The Kier molecular flexibility index (Phi) is 6.79. The van der Waals surface area contributed by atoms with E-state index in [1.54, 1.807) is 13.8 Å². The molecule has 0 amide bonds. The Morgan fingerprint density at radius 1 is 1.32 bits per heavy atom. The molecule has 0 heterocycles. The molecule has 4 nitrogen and oxygen atoms in total. The van der Waals surface area contributed by atoms with Crippen LogP contribution in [0.2, 0.25) is 0 Å². The normalized spacial score (nSPS) is 15.7. The summed E-state index contributed by atoms with van der Waals surface area (Å²) < 4.78 is 42.0. The summed E-state index contributed by atoms with van der Waals surface area (Å²) >= 11 is 0. The van der Waals surface area contributed by atoms with E-state index in [-0.39, 0.29) is 19.1 Å². The van der Waals surface area contributed by atoms with Gasteiger partial charge in [0.25, 0.3) is 0 Å². The highest BCUT2D eigenvalue weighted by atomic mass is 19.4. The molecule has 114 valence electrons. The molecule has 0 aliphatic carbocycles. The van der Waals surface area contributed by atoms with E-state index in [1.807, 2.05) is 13.8 Å². The lowest BCUT2D eigenvalue weighted by Crippen LogP contribution is -2.60. The van der Waals surface area contributed by atoms with Crippen LogP contribution in [0.15, 0.2) is 0 Å². The van der Waals surface area contributed by atoms with Crippen molar-refractivity contribution in [1.29, 1.82) is 0 Å². The van der Waals surface area contributed by atoms with Crippen LogP contribution in [0.25, 0.3) is 0 Å².